The highest BCUT2D eigenvalue weighted by molar-refractivity contribution is 6.32. The maximum Gasteiger partial charge on any atom is 0.287 e. The monoisotopic (exact) mass is 308 g/mol. The topological polar surface area (TPSA) is 69.0 Å². The Morgan fingerprint density at radius 2 is 2.24 bits per heavy atom. The van der Waals surface area contributed by atoms with E-state index in [0.717, 1.165) is 5.56 Å². The van der Waals surface area contributed by atoms with Gasteiger partial charge >= 0.3 is 0 Å². The van der Waals surface area contributed by atoms with Gasteiger partial charge in [-0.2, -0.15) is 5.10 Å². The van der Waals surface area contributed by atoms with Gasteiger partial charge in [-0.25, -0.2) is 9.67 Å². The fourth-order valence-electron chi connectivity index (χ4n) is 1.87. The molecule has 0 amide bonds. The number of anilines is 1. The first-order chi connectivity index (χ1) is 10.0. The van der Waals surface area contributed by atoms with Crippen LogP contribution >= 0.6 is 11.6 Å². The molecule has 7 heteroatoms. The molecule has 0 aromatic carbocycles. The van der Waals surface area contributed by atoms with E-state index in [1.165, 1.54) is 4.68 Å². The SMILES string of the molecule is COc1ncccc1CNc1cnn(C(C)C)c(=O)c1Cl. The summed E-state index contributed by atoms with van der Waals surface area (Å²) in [5.41, 5.74) is 1.04. The van der Waals surface area contributed by atoms with E-state index in [1.807, 2.05) is 26.0 Å². The van der Waals surface area contributed by atoms with E-state index in [4.69, 9.17) is 16.3 Å². The average molecular weight is 309 g/mol. The molecule has 2 heterocycles. The Morgan fingerprint density at radius 1 is 1.48 bits per heavy atom. The second-order valence-electron chi connectivity index (χ2n) is 4.74. The van der Waals surface area contributed by atoms with Crippen molar-refractivity contribution in [3.8, 4) is 5.88 Å². The van der Waals surface area contributed by atoms with Gasteiger partial charge in [-0.05, 0) is 19.9 Å². The Bertz CT molecular complexity index is 685. The van der Waals surface area contributed by atoms with E-state index >= 15 is 0 Å². The standard InChI is InChI=1S/C14H17ClN4O2/c1-9(2)19-14(20)12(15)11(8-18-19)17-7-10-5-4-6-16-13(10)21-3/h4-6,8-9,17H,7H2,1-3H3. The zero-order valence-electron chi connectivity index (χ0n) is 12.1. The summed E-state index contributed by atoms with van der Waals surface area (Å²) >= 11 is 6.10. The fourth-order valence-corrected chi connectivity index (χ4v) is 2.07. The summed E-state index contributed by atoms with van der Waals surface area (Å²) in [6.07, 6.45) is 3.20. The maximum absolute atomic E-state index is 12.1. The second-order valence-corrected chi connectivity index (χ2v) is 5.12. The van der Waals surface area contributed by atoms with Gasteiger partial charge in [0, 0.05) is 18.3 Å². The summed E-state index contributed by atoms with van der Waals surface area (Å²) in [7, 11) is 1.56. The number of ether oxygens (including phenoxy) is 1. The summed E-state index contributed by atoms with van der Waals surface area (Å²) in [5, 5.41) is 7.31. The van der Waals surface area contributed by atoms with Crippen molar-refractivity contribution in [1.29, 1.82) is 0 Å². The lowest BCUT2D eigenvalue weighted by Crippen LogP contribution is -2.25. The van der Waals surface area contributed by atoms with E-state index in [-0.39, 0.29) is 16.6 Å². The molecule has 0 fully saturated rings. The zero-order chi connectivity index (χ0) is 15.4. The number of halogens is 1. The molecular formula is C14H17ClN4O2. The van der Waals surface area contributed by atoms with Crippen LogP contribution < -0.4 is 15.6 Å². The number of aromatic nitrogens is 3. The van der Waals surface area contributed by atoms with Crippen LogP contribution in [0.15, 0.2) is 29.3 Å². The van der Waals surface area contributed by atoms with E-state index < -0.39 is 0 Å². The molecular weight excluding hydrogens is 292 g/mol. The number of rotatable bonds is 5. The number of pyridine rings is 1. The number of nitrogens with one attached hydrogen (secondary N) is 1. The van der Waals surface area contributed by atoms with Gasteiger partial charge in [0.25, 0.3) is 5.56 Å². The zero-order valence-corrected chi connectivity index (χ0v) is 12.9. The molecule has 0 saturated heterocycles. The lowest BCUT2D eigenvalue weighted by atomic mass is 10.2. The molecule has 0 aliphatic rings. The summed E-state index contributed by atoms with van der Waals surface area (Å²) in [6.45, 7) is 4.18. The third-order valence-corrected chi connectivity index (χ3v) is 3.31. The first-order valence-electron chi connectivity index (χ1n) is 6.53. The Kier molecular flexibility index (Phi) is 4.80. The van der Waals surface area contributed by atoms with Crippen LogP contribution in [0.3, 0.4) is 0 Å². The van der Waals surface area contributed by atoms with Crippen molar-refractivity contribution in [3.05, 3.63) is 45.5 Å². The van der Waals surface area contributed by atoms with Crippen LogP contribution in [-0.4, -0.2) is 21.9 Å². The molecule has 0 aliphatic carbocycles. The third-order valence-electron chi connectivity index (χ3n) is 2.95. The number of methoxy groups -OCH3 is 1. The highest BCUT2D eigenvalue weighted by Crippen LogP contribution is 2.20. The van der Waals surface area contributed by atoms with Crippen molar-refractivity contribution < 1.29 is 4.74 Å². The molecule has 6 nitrogen and oxygen atoms in total. The minimum Gasteiger partial charge on any atom is -0.481 e. The molecule has 0 atom stereocenters. The largest absolute Gasteiger partial charge is 0.481 e. The Labute approximate surface area is 127 Å². The van der Waals surface area contributed by atoms with Gasteiger partial charge in [0.15, 0.2) is 0 Å². The predicted octanol–water partition coefficient (Wildman–Crippen LogP) is 2.49. The molecule has 2 aromatic rings. The van der Waals surface area contributed by atoms with Gasteiger partial charge in [-0.3, -0.25) is 4.79 Å². The highest BCUT2D eigenvalue weighted by atomic mass is 35.5. The lowest BCUT2D eigenvalue weighted by Gasteiger charge is -2.13. The number of hydrogen-bond acceptors (Lipinski definition) is 5. The Hall–Kier alpha value is -2.08. The molecule has 0 bridgehead atoms. The summed E-state index contributed by atoms with van der Waals surface area (Å²) in [5.74, 6) is 0.532. The minimum absolute atomic E-state index is 0.0394. The molecule has 2 rings (SSSR count). The van der Waals surface area contributed by atoms with E-state index in [1.54, 1.807) is 19.5 Å². The third kappa shape index (κ3) is 3.33. The van der Waals surface area contributed by atoms with Crippen LogP contribution in [0, 0.1) is 0 Å². The van der Waals surface area contributed by atoms with E-state index in [2.05, 4.69) is 15.4 Å². The van der Waals surface area contributed by atoms with Crippen molar-refractivity contribution in [3.63, 3.8) is 0 Å². The summed E-state index contributed by atoms with van der Waals surface area (Å²) < 4.78 is 6.52. The summed E-state index contributed by atoms with van der Waals surface area (Å²) in [6, 6.07) is 3.66. The first-order valence-corrected chi connectivity index (χ1v) is 6.91. The molecule has 0 saturated carbocycles. The van der Waals surface area contributed by atoms with Crippen molar-refractivity contribution in [2.45, 2.75) is 26.4 Å². The predicted molar refractivity (Wildman–Crippen MR) is 82.0 cm³/mol. The van der Waals surface area contributed by atoms with Crippen LogP contribution in [-0.2, 0) is 6.54 Å². The van der Waals surface area contributed by atoms with Gasteiger partial charge < -0.3 is 10.1 Å². The van der Waals surface area contributed by atoms with Gasteiger partial charge in [0.1, 0.15) is 5.02 Å². The van der Waals surface area contributed by atoms with Crippen LogP contribution in [0.5, 0.6) is 5.88 Å². The Morgan fingerprint density at radius 3 is 2.90 bits per heavy atom. The lowest BCUT2D eigenvalue weighted by molar-refractivity contribution is 0.393. The number of hydrogen-bond donors (Lipinski definition) is 1. The fraction of sp³-hybridized carbons (Fsp3) is 0.357. The molecule has 1 N–H and O–H groups in total. The quantitative estimate of drug-likeness (QED) is 0.919. The normalized spacial score (nSPS) is 10.7. The second kappa shape index (κ2) is 6.58. The van der Waals surface area contributed by atoms with Gasteiger partial charge in [-0.1, -0.05) is 17.7 Å². The van der Waals surface area contributed by atoms with Gasteiger partial charge in [0.2, 0.25) is 5.88 Å². The summed E-state index contributed by atoms with van der Waals surface area (Å²) in [4.78, 5) is 16.2. The molecule has 21 heavy (non-hydrogen) atoms. The van der Waals surface area contributed by atoms with Crippen molar-refractivity contribution >= 4 is 17.3 Å². The molecule has 2 aromatic heterocycles. The maximum atomic E-state index is 12.1. The van der Waals surface area contributed by atoms with Gasteiger partial charge in [0.05, 0.1) is 25.0 Å². The van der Waals surface area contributed by atoms with E-state index in [9.17, 15) is 4.79 Å². The Balaban J connectivity index is 2.21. The smallest absolute Gasteiger partial charge is 0.287 e. The van der Waals surface area contributed by atoms with Crippen LogP contribution in [0.1, 0.15) is 25.5 Å². The molecule has 0 radical (unpaired) electrons. The van der Waals surface area contributed by atoms with Crippen molar-refractivity contribution in [2.24, 2.45) is 0 Å². The molecule has 0 unspecified atom stereocenters. The van der Waals surface area contributed by atoms with Crippen LogP contribution in [0.4, 0.5) is 5.69 Å². The average Bonchev–Trinajstić information content (AvgIpc) is 2.48. The van der Waals surface area contributed by atoms with Crippen molar-refractivity contribution in [1.82, 2.24) is 14.8 Å². The molecule has 0 aliphatic heterocycles. The van der Waals surface area contributed by atoms with Crippen LogP contribution in [0.2, 0.25) is 5.02 Å². The molecule has 112 valence electrons. The van der Waals surface area contributed by atoms with Crippen molar-refractivity contribution in [2.75, 3.05) is 12.4 Å². The van der Waals surface area contributed by atoms with Crippen LogP contribution in [0.25, 0.3) is 0 Å². The highest BCUT2D eigenvalue weighted by Gasteiger charge is 2.11. The van der Waals surface area contributed by atoms with Gasteiger partial charge in [-0.15, -0.1) is 0 Å². The first kappa shape index (κ1) is 15.3. The van der Waals surface area contributed by atoms with E-state index in [0.29, 0.717) is 18.1 Å². The molecule has 0 spiro atoms. The number of nitrogens with zero attached hydrogens (tertiary/aromatic N) is 3. The minimum atomic E-state index is -0.310.